The normalized spacial score (nSPS) is 16.0. The molecular weight excluding hydrogens is 537 g/mol. The summed E-state index contributed by atoms with van der Waals surface area (Å²) in [5, 5.41) is 24.7. The molecule has 2 aromatic carbocycles. The predicted molar refractivity (Wildman–Crippen MR) is 152 cm³/mol. The van der Waals surface area contributed by atoms with Gasteiger partial charge < -0.3 is 30.1 Å². The molecule has 3 N–H and O–H groups in total. The second-order valence-corrected chi connectivity index (χ2v) is 11.0. The maximum absolute atomic E-state index is 13.9. The highest BCUT2D eigenvalue weighted by Crippen LogP contribution is 2.43. The molecule has 2 heterocycles. The first-order chi connectivity index (χ1) is 19.5. The van der Waals surface area contributed by atoms with Gasteiger partial charge in [0.2, 0.25) is 0 Å². The van der Waals surface area contributed by atoms with Gasteiger partial charge in [0.25, 0.3) is 0 Å². The molecule has 1 atom stereocenters. The number of aliphatic hydroxyl groups excluding tert-OH is 1. The molecule has 0 aliphatic carbocycles. The van der Waals surface area contributed by atoms with Gasteiger partial charge in [-0.15, -0.1) is 0 Å². The monoisotopic (exact) mass is 574 g/mol. The van der Waals surface area contributed by atoms with E-state index in [4.69, 9.17) is 4.74 Å². The fourth-order valence-electron chi connectivity index (χ4n) is 5.72. The van der Waals surface area contributed by atoms with Crippen molar-refractivity contribution in [1.82, 2.24) is 9.88 Å². The van der Waals surface area contributed by atoms with Crippen LogP contribution in [0.1, 0.15) is 43.8 Å². The molecule has 4 rings (SSSR count). The van der Waals surface area contributed by atoms with E-state index in [-0.39, 0.29) is 18.7 Å². The van der Waals surface area contributed by atoms with Gasteiger partial charge >= 0.3 is 5.97 Å². The Morgan fingerprint density at radius 2 is 1.93 bits per heavy atom. The second kappa shape index (κ2) is 12.9. The summed E-state index contributed by atoms with van der Waals surface area (Å²) in [7, 11) is 5.35. The number of benzene rings is 2. The zero-order chi connectivity index (χ0) is 29.7. The van der Waals surface area contributed by atoms with E-state index in [1.165, 1.54) is 0 Å². The second-order valence-electron chi connectivity index (χ2n) is 11.0. The van der Waals surface area contributed by atoms with Crippen LogP contribution in [0.2, 0.25) is 0 Å². The number of ether oxygens (including phenoxy) is 1. The highest BCUT2D eigenvalue weighted by molar-refractivity contribution is 5.88. The van der Waals surface area contributed by atoms with Crippen LogP contribution in [0.25, 0.3) is 10.9 Å². The fourth-order valence-corrected chi connectivity index (χ4v) is 5.72. The zero-order valence-corrected chi connectivity index (χ0v) is 23.6. The number of nitrogens with one attached hydrogen (secondary N) is 1. The van der Waals surface area contributed by atoms with Crippen LogP contribution in [-0.4, -0.2) is 73.5 Å². The lowest BCUT2D eigenvalue weighted by Gasteiger charge is -2.41. The standard InChI is InChI=1S/C30H37F3N4O4/c1-36(2)25-18-35-23-5-4-20(41-3)16-21(23)28(25)26(38)6-7-30(17-27(39)40)8-11-37(12-9-30)13-10-34-24-15-19(31)14-22(32)29(24)33/h4-5,14-16,18,26,34,38H,6-13,17H2,1-3H3,(H,39,40)/t26-/m1/s1. The molecular formula is C30H37F3N4O4. The highest BCUT2D eigenvalue weighted by atomic mass is 19.2. The minimum Gasteiger partial charge on any atom is -0.497 e. The molecule has 41 heavy (non-hydrogen) atoms. The number of hydrogen-bond donors (Lipinski definition) is 3. The maximum atomic E-state index is 13.9. The van der Waals surface area contributed by atoms with Gasteiger partial charge in [0.15, 0.2) is 11.6 Å². The number of carboxylic acid groups (broad SMARTS) is 1. The summed E-state index contributed by atoms with van der Waals surface area (Å²) < 4.78 is 46.3. The molecule has 8 nitrogen and oxygen atoms in total. The Labute approximate surface area is 237 Å². The summed E-state index contributed by atoms with van der Waals surface area (Å²) in [4.78, 5) is 20.4. The van der Waals surface area contributed by atoms with Crippen LogP contribution in [0.15, 0.2) is 36.5 Å². The first-order valence-corrected chi connectivity index (χ1v) is 13.7. The molecule has 0 amide bonds. The van der Waals surface area contributed by atoms with E-state index in [2.05, 4.69) is 15.2 Å². The lowest BCUT2D eigenvalue weighted by Crippen LogP contribution is -2.43. The summed E-state index contributed by atoms with van der Waals surface area (Å²) in [5.74, 6) is -3.46. The number of aliphatic hydroxyl groups is 1. The summed E-state index contributed by atoms with van der Waals surface area (Å²) in [6, 6.07) is 6.94. The van der Waals surface area contributed by atoms with E-state index in [1.807, 2.05) is 37.2 Å². The lowest BCUT2D eigenvalue weighted by atomic mass is 9.71. The average molecular weight is 575 g/mol. The van der Waals surface area contributed by atoms with Crippen LogP contribution in [0.4, 0.5) is 24.5 Å². The van der Waals surface area contributed by atoms with Crippen molar-refractivity contribution in [3.05, 3.63) is 59.5 Å². The van der Waals surface area contributed by atoms with E-state index in [0.717, 1.165) is 28.2 Å². The molecule has 0 spiro atoms. The summed E-state index contributed by atoms with van der Waals surface area (Å²) in [5.41, 5.74) is 1.52. The Kier molecular flexibility index (Phi) is 9.60. The van der Waals surface area contributed by atoms with Crippen LogP contribution in [0.5, 0.6) is 5.75 Å². The molecule has 1 aromatic heterocycles. The van der Waals surface area contributed by atoms with Gasteiger partial charge in [0.1, 0.15) is 11.6 Å². The summed E-state index contributed by atoms with van der Waals surface area (Å²) in [6.07, 6.45) is 2.99. The summed E-state index contributed by atoms with van der Waals surface area (Å²) >= 11 is 0. The van der Waals surface area contributed by atoms with Crippen molar-refractivity contribution in [2.45, 2.75) is 38.2 Å². The summed E-state index contributed by atoms with van der Waals surface area (Å²) in [6.45, 7) is 2.00. The Bertz CT molecular complexity index is 1380. The van der Waals surface area contributed by atoms with Gasteiger partial charge in [-0.1, -0.05) is 0 Å². The van der Waals surface area contributed by atoms with Crippen molar-refractivity contribution in [2.75, 3.05) is 57.6 Å². The van der Waals surface area contributed by atoms with Crippen molar-refractivity contribution in [1.29, 1.82) is 0 Å². The number of aromatic nitrogens is 1. The molecule has 1 fully saturated rings. The average Bonchev–Trinajstić information content (AvgIpc) is 2.94. The van der Waals surface area contributed by atoms with E-state index < -0.39 is 34.9 Å². The Balaban J connectivity index is 1.43. The van der Waals surface area contributed by atoms with Crippen molar-refractivity contribution in [3.63, 3.8) is 0 Å². The zero-order valence-electron chi connectivity index (χ0n) is 23.6. The number of anilines is 2. The lowest BCUT2D eigenvalue weighted by molar-refractivity contribution is -0.141. The molecule has 0 bridgehead atoms. The van der Waals surface area contributed by atoms with Gasteiger partial charge in [0, 0.05) is 50.3 Å². The largest absolute Gasteiger partial charge is 0.497 e. The van der Waals surface area contributed by atoms with Crippen molar-refractivity contribution in [2.24, 2.45) is 5.41 Å². The number of rotatable bonds is 12. The molecule has 1 aliphatic rings. The fraction of sp³-hybridized carbons (Fsp3) is 0.467. The van der Waals surface area contributed by atoms with Gasteiger partial charge in [-0.25, -0.2) is 13.2 Å². The smallest absolute Gasteiger partial charge is 0.303 e. The third-order valence-corrected chi connectivity index (χ3v) is 8.04. The molecule has 0 unspecified atom stereocenters. The van der Waals surface area contributed by atoms with Crippen molar-refractivity contribution < 1.29 is 32.9 Å². The Morgan fingerprint density at radius 3 is 2.59 bits per heavy atom. The Hall–Kier alpha value is -3.57. The van der Waals surface area contributed by atoms with E-state index in [9.17, 15) is 28.2 Å². The topological polar surface area (TPSA) is 98.2 Å². The number of piperidine rings is 1. The molecule has 3 aromatic rings. The number of nitrogens with zero attached hydrogens (tertiary/aromatic N) is 3. The van der Waals surface area contributed by atoms with Gasteiger partial charge in [0.05, 0.1) is 42.7 Å². The number of carbonyl (C=O) groups is 1. The van der Waals surface area contributed by atoms with Crippen LogP contribution < -0.4 is 15.0 Å². The quantitative estimate of drug-likeness (QED) is 0.254. The molecule has 222 valence electrons. The Morgan fingerprint density at radius 1 is 1.20 bits per heavy atom. The van der Waals surface area contributed by atoms with Gasteiger partial charge in [-0.3, -0.25) is 9.78 Å². The number of hydrogen-bond acceptors (Lipinski definition) is 7. The highest BCUT2D eigenvalue weighted by Gasteiger charge is 2.37. The van der Waals surface area contributed by atoms with Crippen molar-refractivity contribution in [3.8, 4) is 5.75 Å². The van der Waals surface area contributed by atoms with E-state index in [1.54, 1.807) is 13.3 Å². The van der Waals surface area contributed by atoms with Crippen molar-refractivity contribution >= 4 is 28.2 Å². The van der Waals surface area contributed by atoms with E-state index >= 15 is 0 Å². The number of aliphatic carboxylic acids is 1. The third kappa shape index (κ3) is 7.20. The first-order valence-electron chi connectivity index (χ1n) is 13.7. The number of pyridine rings is 1. The van der Waals surface area contributed by atoms with Crippen LogP contribution in [0, 0.1) is 22.9 Å². The van der Waals surface area contributed by atoms with Crippen LogP contribution >= 0.6 is 0 Å². The number of likely N-dealkylation sites (tertiary alicyclic amines) is 1. The minimum absolute atomic E-state index is 0.00889. The maximum Gasteiger partial charge on any atom is 0.303 e. The van der Waals surface area contributed by atoms with Crippen LogP contribution in [0.3, 0.4) is 0 Å². The number of methoxy groups -OCH3 is 1. The number of halogens is 3. The van der Waals surface area contributed by atoms with Gasteiger partial charge in [-0.05, 0) is 62.4 Å². The third-order valence-electron chi connectivity index (χ3n) is 8.04. The molecule has 1 aliphatic heterocycles. The number of fused-ring (bicyclic) bond motifs is 1. The molecule has 0 saturated carbocycles. The van der Waals surface area contributed by atoms with E-state index in [0.29, 0.717) is 57.1 Å². The molecule has 11 heteroatoms. The van der Waals surface area contributed by atoms with Gasteiger partial charge in [-0.2, -0.15) is 0 Å². The van der Waals surface area contributed by atoms with Crippen LogP contribution in [-0.2, 0) is 4.79 Å². The predicted octanol–water partition coefficient (Wildman–Crippen LogP) is 5.21. The SMILES string of the molecule is COc1ccc2ncc(N(C)C)c([C@H](O)CCC3(CC(=O)O)CCN(CCNc4cc(F)cc(F)c4F)CC3)c2c1. The number of carboxylic acids is 1. The molecule has 1 saturated heterocycles. The first kappa shape index (κ1) is 30.4. The molecule has 0 radical (unpaired) electrons. The minimum atomic E-state index is -1.25.